The highest BCUT2D eigenvalue weighted by Gasteiger charge is 2.07. The smallest absolute Gasteiger partial charge is 0.271 e. The molecule has 1 amide bonds. The van der Waals surface area contributed by atoms with Gasteiger partial charge < -0.3 is 4.74 Å². The standard InChI is InChI=1S/C18H15N3O2/c1-23-17-7-6-13-4-2-3-5-15(13)16(17)12-20-21-18(22)14-8-10-19-11-9-14/h2-12H,1H3,(H,21,22). The number of benzene rings is 2. The molecule has 3 aromatic rings. The Morgan fingerprint density at radius 2 is 1.91 bits per heavy atom. The topological polar surface area (TPSA) is 63.6 Å². The molecule has 0 aliphatic rings. The van der Waals surface area contributed by atoms with E-state index < -0.39 is 0 Å². The molecular weight excluding hydrogens is 290 g/mol. The van der Waals surface area contributed by atoms with Crippen LogP contribution in [0.15, 0.2) is 66.0 Å². The van der Waals surface area contributed by atoms with Crippen LogP contribution >= 0.6 is 0 Å². The van der Waals surface area contributed by atoms with E-state index in [1.165, 1.54) is 0 Å². The van der Waals surface area contributed by atoms with Crippen LogP contribution in [0.4, 0.5) is 0 Å². The summed E-state index contributed by atoms with van der Waals surface area (Å²) in [5, 5.41) is 6.14. The van der Waals surface area contributed by atoms with Crippen LogP contribution in [0.25, 0.3) is 10.8 Å². The minimum atomic E-state index is -0.289. The molecule has 1 heterocycles. The summed E-state index contributed by atoms with van der Waals surface area (Å²) in [5.74, 6) is 0.411. The maximum Gasteiger partial charge on any atom is 0.271 e. The molecule has 0 fully saturated rings. The van der Waals surface area contributed by atoms with E-state index in [1.807, 2.05) is 36.4 Å². The zero-order chi connectivity index (χ0) is 16.1. The molecule has 0 spiro atoms. The summed E-state index contributed by atoms with van der Waals surface area (Å²) in [4.78, 5) is 15.8. The number of rotatable bonds is 4. The van der Waals surface area contributed by atoms with Crippen LogP contribution in [0, 0.1) is 0 Å². The van der Waals surface area contributed by atoms with Gasteiger partial charge in [0.05, 0.1) is 13.3 Å². The van der Waals surface area contributed by atoms with Gasteiger partial charge in [0.1, 0.15) is 5.75 Å². The van der Waals surface area contributed by atoms with Crippen LogP contribution in [0.1, 0.15) is 15.9 Å². The first kappa shape index (κ1) is 14.7. The lowest BCUT2D eigenvalue weighted by atomic mass is 10.0. The van der Waals surface area contributed by atoms with E-state index in [9.17, 15) is 4.79 Å². The van der Waals surface area contributed by atoms with Gasteiger partial charge in [-0.15, -0.1) is 0 Å². The van der Waals surface area contributed by atoms with Crippen LogP contribution in [0.2, 0.25) is 0 Å². The number of carbonyl (C=O) groups excluding carboxylic acids is 1. The van der Waals surface area contributed by atoms with Crippen LogP contribution in [-0.2, 0) is 0 Å². The number of nitrogens with one attached hydrogen (secondary N) is 1. The van der Waals surface area contributed by atoms with Gasteiger partial charge in [0.25, 0.3) is 5.91 Å². The second kappa shape index (κ2) is 6.70. The predicted molar refractivity (Wildman–Crippen MR) is 89.8 cm³/mol. The van der Waals surface area contributed by atoms with Gasteiger partial charge in [-0.1, -0.05) is 30.3 Å². The molecule has 3 rings (SSSR count). The maximum atomic E-state index is 12.0. The van der Waals surface area contributed by atoms with Crippen LogP contribution in [0.5, 0.6) is 5.75 Å². The van der Waals surface area contributed by atoms with Crippen LogP contribution < -0.4 is 10.2 Å². The van der Waals surface area contributed by atoms with E-state index in [0.29, 0.717) is 11.3 Å². The molecule has 0 atom stereocenters. The molecule has 0 saturated heterocycles. The quantitative estimate of drug-likeness (QED) is 0.595. The summed E-state index contributed by atoms with van der Waals surface area (Å²) < 4.78 is 5.38. The van der Waals surface area contributed by atoms with Crippen molar-refractivity contribution in [2.24, 2.45) is 5.10 Å². The van der Waals surface area contributed by atoms with Crippen LogP contribution in [-0.4, -0.2) is 24.2 Å². The number of nitrogens with zero attached hydrogens (tertiary/aromatic N) is 2. The van der Waals surface area contributed by atoms with E-state index in [-0.39, 0.29) is 5.91 Å². The monoisotopic (exact) mass is 305 g/mol. The molecule has 0 radical (unpaired) electrons. The molecule has 0 aliphatic carbocycles. The molecule has 0 saturated carbocycles. The first-order chi connectivity index (χ1) is 11.3. The third-order valence-corrected chi connectivity index (χ3v) is 3.45. The second-order valence-corrected chi connectivity index (χ2v) is 4.84. The molecular formula is C18H15N3O2. The number of hydrogen-bond donors (Lipinski definition) is 1. The number of aromatic nitrogens is 1. The highest BCUT2D eigenvalue weighted by atomic mass is 16.5. The Bertz CT molecular complexity index is 861. The van der Waals surface area contributed by atoms with Crippen molar-refractivity contribution in [1.82, 2.24) is 10.4 Å². The molecule has 1 N–H and O–H groups in total. The van der Waals surface area contributed by atoms with Gasteiger partial charge in [0.2, 0.25) is 0 Å². The highest BCUT2D eigenvalue weighted by molar-refractivity contribution is 6.03. The minimum absolute atomic E-state index is 0.289. The number of ether oxygens (including phenoxy) is 1. The third kappa shape index (κ3) is 3.18. The number of amides is 1. The highest BCUT2D eigenvalue weighted by Crippen LogP contribution is 2.26. The molecule has 0 unspecified atom stereocenters. The Kier molecular flexibility index (Phi) is 4.29. The average Bonchev–Trinajstić information content (AvgIpc) is 2.62. The molecule has 5 nitrogen and oxygen atoms in total. The fraction of sp³-hybridized carbons (Fsp3) is 0.0556. The van der Waals surface area contributed by atoms with E-state index in [2.05, 4.69) is 15.5 Å². The lowest BCUT2D eigenvalue weighted by molar-refractivity contribution is 0.0955. The first-order valence-electron chi connectivity index (χ1n) is 7.09. The Morgan fingerprint density at radius 3 is 2.70 bits per heavy atom. The summed E-state index contributed by atoms with van der Waals surface area (Å²) in [5.41, 5.74) is 3.83. The maximum absolute atomic E-state index is 12.0. The lowest BCUT2D eigenvalue weighted by Gasteiger charge is -2.08. The van der Waals surface area contributed by atoms with Crippen molar-refractivity contribution in [2.75, 3.05) is 7.11 Å². The molecule has 114 valence electrons. The Morgan fingerprint density at radius 1 is 1.13 bits per heavy atom. The fourth-order valence-electron chi connectivity index (χ4n) is 2.31. The number of hydrazone groups is 1. The van der Waals surface area contributed by atoms with E-state index in [4.69, 9.17) is 4.74 Å². The summed E-state index contributed by atoms with van der Waals surface area (Å²) in [6.07, 6.45) is 4.72. The van der Waals surface area contributed by atoms with Gasteiger partial charge in [-0.25, -0.2) is 5.43 Å². The van der Waals surface area contributed by atoms with E-state index >= 15 is 0 Å². The zero-order valence-electron chi connectivity index (χ0n) is 12.6. The molecule has 1 aromatic heterocycles. The number of hydrogen-bond acceptors (Lipinski definition) is 4. The van der Waals surface area contributed by atoms with Crippen molar-refractivity contribution in [3.63, 3.8) is 0 Å². The largest absolute Gasteiger partial charge is 0.496 e. The van der Waals surface area contributed by atoms with Gasteiger partial charge >= 0.3 is 0 Å². The van der Waals surface area contributed by atoms with Crippen molar-refractivity contribution in [3.8, 4) is 5.75 Å². The van der Waals surface area contributed by atoms with Crippen molar-refractivity contribution in [1.29, 1.82) is 0 Å². The number of carbonyl (C=O) groups is 1. The molecule has 0 bridgehead atoms. The SMILES string of the molecule is COc1ccc2ccccc2c1C=NNC(=O)c1ccncc1. The van der Waals surface area contributed by atoms with E-state index in [0.717, 1.165) is 16.3 Å². The van der Waals surface area contributed by atoms with Gasteiger partial charge in [-0.2, -0.15) is 5.10 Å². The normalized spacial score (nSPS) is 10.8. The van der Waals surface area contributed by atoms with Crippen molar-refractivity contribution < 1.29 is 9.53 Å². The summed E-state index contributed by atoms with van der Waals surface area (Å²) in [7, 11) is 1.61. The molecule has 5 heteroatoms. The molecule has 23 heavy (non-hydrogen) atoms. The summed E-state index contributed by atoms with van der Waals surface area (Å²) in [6, 6.07) is 15.1. The van der Waals surface area contributed by atoms with Crippen molar-refractivity contribution in [3.05, 3.63) is 72.1 Å². The van der Waals surface area contributed by atoms with Crippen LogP contribution in [0.3, 0.4) is 0 Å². The van der Waals surface area contributed by atoms with Gasteiger partial charge in [-0.3, -0.25) is 9.78 Å². The number of fused-ring (bicyclic) bond motifs is 1. The third-order valence-electron chi connectivity index (χ3n) is 3.45. The van der Waals surface area contributed by atoms with Gasteiger partial charge in [0, 0.05) is 23.5 Å². The molecule has 0 aliphatic heterocycles. The average molecular weight is 305 g/mol. The lowest BCUT2D eigenvalue weighted by Crippen LogP contribution is -2.17. The first-order valence-corrected chi connectivity index (χ1v) is 7.09. The number of methoxy groups -OCH3 is 1. The zero-order valence-corrected chi connectivity index (χ0v) is 12.6. The summed E-state index contributed by atoms with van der Waals surface area (Å²) >= 11 is 0. The van der Waals surface area contributed by atoms with Gasteiger partial charge in [0.15, 0.2) is 0 Å². The second-order valence-electron chi connectivity index (χ2n) is 4.84. The number of pyridine rings is 1. The van der Waals surface area contributed by atoms with E-state index in [1.54, 1.807) is 37.9 Å². The summed E-state index contributed by atoms with van der Waals surface area (Å²) in [6.45, 7) is 0. The predicted octanol–water partition coefficient (Wildman–Crippen LogP) is 3.01. The Balaban J connectivity index is 1.87. The fourth-order valence-corrected chi connectivity index (χ4v) is 2.31. The van der Waals surface area contributed by atoms with Crippen molar-refractivity contribution in [2.45, 2.75) is 0 Å². The van der Waals surface area contributed by atoms with Gasteiger partial charge in [-0.05, 0) is 29.0 Å². The Labute approximate surface area is 133 Å². The van der Waals surface area contributed by atoms with Crippen molar-refractivity contribution >= 4 is 22.9 Å². The molecule has 2 aromatic carbocycles. The minimum Gasteiger partial charge on any atom is -0.496 e. The Hall–Kier alpha value is -3.21.